The van der Waals surface area contributed by atoms with Gasteiger partial charge in [0, 0.05) is 35.3 Å². The van der Waals surface area contributed by atoms with Gasteiger partial charge in [0.15, 0.2) is 0 Å². The lowest BCUT2D eigenvalue weighted by molar-refractivity contribution is -0.0769. The van der Waals surface area contributed by atoms with Crippen molar-refractivity contribution in [3.8, 4) is 0 Å². The third kappa shape index (κ3) is 3.02. The molecular formula is C15H18O3S. The second kappa shape index (κ2) is 5.65. The Morgan fingerprint density at radius 2 is 2.11 bits per heavy atom. The van der Waals surface area contributed by atoms with Crippen molar-refractivity contribution in [2.24, 2.45) is 0 Å². The number of hydrogen-bond donors (Lipinski definition) is 0. The monoisotopic (exact) mass is 278 g/mol. The van der Waals surface area contributed by atoms with Gasteiger partial charge in [0.25, 0.3) is 0 Å². The van der Waals surface area contributed by atoms with Gasteiger partial charge < -0.3 is 9.47 Å². The highest BCUT2D eigenvalue weighted by Crippen LogP contribution is 2.39. The average molecular weight is 278 g/mol. The Kier molecular flexibility index (Phi) is 3.91. The lowest BCUT2D eigenvalue weighted by Gasteiger charge is -2.36. The smallest absolute Gasteiger partial charge is 0.150 e. The first-order valence-electron chi connectivity index (χ1n) is 6.73. The van der Waals surface area contributed by atoms with Gasteiger partial charge in [-0.1, -0.05) is 12.1 Å². The van der Waals surface area contributed by atoms with E-state index in [0.29, 0.717) is 5.25 Å². The van der Waals surface area contributed by atoms with Gasteiger partial charge in [-0.3, -0.25) is 4.79 Å². The molecule has 19 heavy (non-hydrogen) atoms. The number of ether oxygens (including phenoxy) is 2. The Balaban J connectivity index is 1.63. The zero-order valence-electron chi connectivity index (χ0n) is 10.8. The van der Waals surface area contributed by atoms with E-state index in [1.807, 2.05) is 36.0 Å². The third-order valence-electron chi connectivity index (χ3n) is 3.83. The minimum absolute atomic E-state index is 0.0291. The molecule has 0 N–H and O–H groups in total. The normalized spacial score (nSPS) is 30.6. The van der Waals surface area contributed by atoms with Gasteiger partial charge in [-0.15, -0.1) is 11.8 Å². The van der Waals surface area contributed by atoms with Crippen LogP contribution in [0.3, 0.4) is 0 Å². The van der Waals surface area contributed by atoms with Crippen molar-refractivity contribution in [2.75, 3.05) is 19.8 Å². The second-order valence-electron chi connectivity index (χ2n) is 5.25. The zero-order chi connectivity index (χ0) is 13.1. The van der Waals surface area contributed by atoms with Gasteiger partial charge in [0.1, 0.15) is 6.29 Å². The molecular weight excluding hydrogens is 260 g/mol. The van der Waals surface area contributed by atoms with Crippen LogP contribution >= 0.6 is 11.8 Å². The predicted octanol–water partition coefficient (Wildman–Crippen LogP) is 2.93. The molecule has 2 atom stereocenters. The molecule has 4 heteroatoms. The van der Waals surface area contributed by atoms with Gasteiger partial charge in [-0.2, -0.15) is 0 Å². The summed E-state index contributed by atoms with van der Waals surface area (Å²) in [6.07, 6.45) is 4.05. The molecule has 0 radical (unpaired) electrons. The van der Waals surface area contributed by atoms with E-state index in [4.69, 9.17) is 9.47 Å². The van der Waals surface area contributed by atoms with E-state index in [0.717, 1.165) is 50.9 Å². The Morgan fingerprint density at radius 1 is 1.26 bits per heavy atom. The maximum Gasteiger partial charge on any atom is 0.150 e. The third-order valence-corrected chi connectivity index (χ3v) is 5.11. The van der Waals surface area contributed by atoms with E-state index in [1.54, 1.807) is 0 Å². The minimum atomic E-state index is -0.0291. The molecule has 0 bridgehead atoms. The minimum Gasteiger partial charge on any atom is -0.378 e. The molecule has 1 aromatic rings. The molecule has 0 amide bonds. The van der Waals surface area contributed by atoms with Crippen LogP contribution in [0.2, 0.25) is 0 Å². The Hall–Kier alpha value is -0.840. The number of carbonyl (C=O) groups is 1. The van der Waals surface area contributed by atoms with Gasteiger partial charge in [0.05, 0.1) is 12.2 Å². The Bertz CT molecular complexity index is 437. The summed E-state index contributed by atoms with van der Waals surface area (Å²) >= 11 is 1.89. The molecule has 2 heterocycles. The van der Waals surface area contributed by atoms with Crippen molar-refractivity contribution < 1.29 is 14.3 Å². The van der Waals surface area contributed by atoms with Crippen LogP contribution in [0.25, 0.3) is 0 Å². The highest BCUT2D eigenvalue weighted by atomic mass is 32.2. The lowest BCUT2D eigenvalue weighted by Crippen LogP contribution is -2.41. The standard InChI is InChI=1S/C15H18O3S/c16-10-12-1-3-13(4-2-12)19-14-5-7-18-15(9-14)6-8-17-11-15/h1-4,10,14H,5-9,11H2. The van der Waals surface area contributed by atoms with Gasteiger partial charge in [-0.05, 0) is 25.0 Å². The molecule has 1 aromatic carbocycles. The summed E-state index contributed by atoms with van der Waals surface area (Å²) in [5, 5.41) is 0.581. The van der Waals surface area contributed by atoms with Crippen LogP contribution in [0, 0.1) is 0 Å². The fourth-order valence-electron chi connectivity index (χ4n) is 2.76. The van der Waals surface area contributed by atoms with E-state index < -0.39 is 0 Å². The summed E-state index contributed by atoms with van der Waals surface area (Å²) in [5.41, 5.74) is 0.704. The largest absolute Gasteiger partial charge is 0.378 e. The topological polar surface area (TPSA) is 35.5 Å². The van der Waals surface area contributed by atoms with Crippen molar-refractivity contribution >= 4 is 18.0 Å². The highest BCUT2D eigenvalue weighted by Gasteiger charge is 2.41. The maximum absolute atomic E-state index is 10.6. The van der Waals surface area contributed by atoms with E-state index >= 15 is 0 Å². The van der Waals surface area contributed by atoms with Crippen LogP contribution in [0.1, 0.15) is 29.6 Å². The maximum atomic E-state index is 10.6. The van der Waals surface area contributed by atoms with Gasteiger partial charge >= 0.3 is 0 Å². The number of carbonyl (C=O) groups excluding carboxylic acids is 1. The fourth-order valence-corrected chi connectivity index (χ4v) is 4.04. The second-order valence-corrected chi connectivity index (χ2v) is 6.63. The first-order chi connectivity index (χ1) is 9.30. The number of hydrogen-bond acceptors (Lipinski definition) is 4. The number of thioether (sulfide) groups is 1. The van der Waals surface area contributed by atoms with Crippen LogP contribution in [0.15, 0.2) is 29.2 Å². The van der Waals surface area contributed by atoms with Gasteiger partial charge in [0.2, 0.25) is 0 Å². The summed E-state index contributed by atoms with van der Waals surface area (Å²) in [7, 11) is 0. The van der Waals surface area contributed by atoms with Crippen LogP contribution in [0.4, 0.5) is 0 Å². The first-order valence-corrected chi connectivity index (χ1v) is 7.61. The van der Waals surface area contributed by atoms with E-state index in [9.17, 15) is 4.79 Å². The van der Waals surface area contributed by atoms with Crippen molar-refractivity contribution in [1.82, 2.24) is 0 Å². The van der Waals surface area contributed by atoms with Crippen molar-refractivity contribution in [1.29, 1.82) is 0 Å². The fraction of sp³-hybridized carbons (Fsp3) is 0.533. The van der Waals surface area contributed by atoms with Gasteiger partial charge in [-0.25, -0.2) is 0 Å². The zero-order valence-corrected chi connectivity index (χ0v) is 11.7. The molecule has 0 aromatic heterocycles. The molecule has 2 aliphatic heterocycles. The molecule has 102 valence electrons. The molecule has 2 aliphatic rings. The van der Waals surface area contributed by atoms with E-state index in [-0.39, 0.29) is 5.60 Å². The highest BCUT2D eigenvalue weighted by molar-refractivity contribution is 8.00. The molecule has 1 spiro atoms. The first kappa shape index (κ1) is 13.2. The van der Waals surface area contributed by atoms with Crippen LogP contribution in [0.5, 0.6) is 0 Å². The number of rotatable bonds is 3. The molecule has 2 saturated heterocycles. The molecule has 2 unspecified atom stereocenters. The summed E-state index contributed by atoms with van der Waals surface area (Å²) in [5.74, 6) is 0. The molecule has 3 nitrogen and oxygen atoms in total. The number of benzene rings is 1. The van der Waals surface area contributed by atoms with E-state index in [1.165, 1.54) is 4.90 Å². The van der Waals surface area contributed by atoms with Crippen molar-refractivity contribution in [3.05, 3.63) is 29.8 Å². The Labute approximate surface area is 117 Å². The van der Waals surface area contributed by atoms with Crippen LogP contribution in [-0.2, 0) is 9.47 Å². The molecule has 0 aliphatic carbocycles. The van der Waals surface area contributed by atoms with Crippen molar-refractivity contribution in [3.63, 3.8) is 0 Å². The summed E-state index contributed by atoms with van der Waals surface area (Å²) < 4.78 is 11.4. The lowest BCUT2D eigenvalue weighted by atomic mass is 9.93. The summed E-state index contributed by atoms with van der Waals surface area (Å²) in [6, 6.07) is 7.82. The van der Waals surface area contributed by atoms with Crippen LogP contribution in [-0.4, -0.2) is 37.0 Å². The average Bonchev–Trinajstić information content (AvgIpc) is 2.88. The number of aldehydes is 1. The van der Waals surface area contributed by atoms with Crippen LogP contribution < -0.4 is 0 Å². The SMILES string of the molecule is O=Cc1ccc(SC2CCOC3(CCOC3)C2)cc1. The molecule has 0 saturated carbocycles. The Morgan fingerprint density at radius 3 is 2.79 bits per heavy atom. The summed E-state index contributed by atoms with van der Waals surface area (Å²) in [4.78, 5) is 11.9. The quantitative estimate of drug-likeness (QED) is 0.796. The van der Waals surface area contributed by atoms with Crippen molar-refractivity contribution in [2.45, 2.75) is 35.0 Å². The summed E-state index contributed by atoms with van der Waals surface area (Å²) in [6.45, 7) is 2.40. The van der Waals surface area contributed by atoms with E-state index in [2.05, 4.69) is 0 Å². The predicted molar refractivity (Wildman–Crippen MR) is 74.8 cm³/mol. The molecule has 3 rings (SSSR count). The molecule has 2 fully saturated rings.